The van der Waals surface area contributed by atoms with Crippen molar-refractivity contribution in [1.29, 1.82) is 0 Å². The Bertz CT molecular complexity index is 704. The summed E-state index contributed by atoms with van der Waals surface area (Å²) < 4.78 is 23.0. The van der Waals surface area contributed by atoms with Gasteiger partial charge in [0.15, 0.2) is 9.84 Å². The number of sulfone groups is 1. The summed E-state index contributed by atoms with van der Waals surface area (Å²) in [5, 5.41) is 14.8. The van der Waals surface area contributed by atoms with Crippen molar-refractivity contribution in [3.63, 3.8) is 0 Å². The van der Waals surface area contributed by atoms with Gasteiger partial charge in [-0.2, -0.15) is 11.3 Å². The van der Waals surface area contributed by atoms with E-state index in [2.05, 4.69) is 11.4 Å². The number of hydrogen-bond donors (Lipinski definition) is 1. The topological polar surface area (TPSA) is 57.6 Å². The lowest BCUT2D eigenvalue weighted by molar-refractivity contribution is 0.0214. The summed E-state index contributed by atoms with van der Waals surface area (Å²) in [5.41, 5.74) is 0.883. The van der Waals surface area contributed by atoms with Crippen LogP contribution in [0.25, 0.3) is 0 Å². The van der Waals surface area contributed by atoms with Gasteiger partial charge >= 0.3 is 0 Å². The molecule has 1 heterocycles. The summed E-state index contributed by atoms with van der Waals surface area (Å²) >= 11 is 1.65. The maximum absolute atomic E-state index is 11.5. The van der Waals surface area contributed by atoms with Gasteiger partial charge in [-0.25, -0.2) is 8.42 Å². The van der Waals surface area contributed by atoms with Gasteiger partial charge in [-0.1, -0.05) is 12.1 Å². The summed E-state index contributed by atoms with van der Waals surface area (Å²) in [5.74, 6) is 0. The van der Waals surface area contributed by atoms with Gasteiger partial charge in [0.2, 0.25) is 0 Å². The van der Waals surface area contributed by atoms with E-state index in [1.165, 1.54) is 24.0 Å². The van der Waals surface area contributed by atoms with E-state index < -0.39 is 15.4 Å². The van der Waals surface area contributed by atoms with Gasteiger partial charge in [0.25, 0.3) is 0 Å². The average Bonchev–Trinajstić information content (AvgIpc) is 2.90. The van der Waals surface area contributed by atoms with Gasteiger partial charge in [0.1, 0.15) is 0 Å². The van der Waals surface area contributed by atoms with Crippen LogP contribution in [-0.2, 0) is 22.0 Å². The Kier molecular flexibility index (Phi) is 5.07. The molecule has 0 unspecified atom stereocenters. The monoisotopic (exact) mass is 339 g/mol. The molecule has 22 heavy (non-hydrogen) atoms. The van der Waals surface area contributed by atoms with Gasteiger partial charge < -0.3 is 5.11 Å². The number of rotatable bonds is 6. The maximum atomic E-state index is 11.5. The molecule has 0 spiro atoms. The average molecular weight is 339 g/mol. The molecule has 0 amide bonds. The van der Waals surface area contributed by atoms with Crippen LogP contribution in [0.4, 0.5) is 0 Å². The number of nitrogens with zero attached hydrogens (tertiary/aromatic N) is 1. The Morgan fingerprint density at radius 2 is 1.86 bits per heavy atom. The number of hydrogen-bond acceptors (Lipinski definition) is 5. The number of aliphatic hydroxyl groups is 1. The molecular weight excluding hydrogens is 318 g/mol. The zero-order valence-corrected chi connectivity index (χ0v) is 14.6. The first kappa shape index (κ1) is 17.1. The molecule has 0 aliphatic heterocycles. The lowest BCUT2D eigenvalue weighted by Gasteiger charge is -2.29. The minimum Gasteiger partial charge on any atom is -0.384 e. The Morgan fingerprint density at radius 3 is 2.36 bits per heavy atom. The van der Waals surface area contributed by atoms with Crippen LogP contribution in [0.1, 0.15) is 18.1 Å². The molecule has 2 rings (SSSR count). The molecule has 1 atom stereocenters. The highest BCUT2D eigenvalue weighted by atomic mass is 32.2. The van der Waals surface area contributed by atoms with E-state index in [-0.39, 0.29) is 4.90 Å². The van der Waals surface area contributed by atoms with Crippen molar-refractivity contribution < 1.29 is 13.5 Å². The summed E-state index contributed by atoms with van der Waals surface area (Å²) in [6, 6.07) is 8.50. The van der Waals surface area contributed by atoms with E-state index in [0.29, 0.717) is 12.1 Å². The predicted molar refractivity (Wildman–Crippen MR) is 89.8 cm³/mol. The van der Waals surface area contributed by atoms with Crippen molar-refractivity contribution in [2.75, 3.05) is 19.8 Å². The first-order valence-electron chi connectivity index (χ1n) is 6.91. The molecule has 0 saturated heterocycles. The lowest BCUT2D eigenvalue weighted by Crippen LogP contribution is -2.36. The van der Waals surface area contributed by atoms with Gasteiger partial charge in [-0.05, 0) is 54.1 Å². The van der Waals surface area contributed by atoms with Gasteiger partial charge in [-0.15, -0.1) is 0 Å². The maximum Gasteiger partial charge on any atom is 0.175 e. The molecule has 0 bridgehead atoms. The quantitative estimate of drug-likeness (QED) is 0.878. The fraction of sp³-hybridized carbons (Fsp3) is 0.375. The Balaban J connectivity index is 2.09. The van der Waals surface area contributed by atoms with Crippen LogP contribution < -0.4 is 0 Å². The predicted octanol–water partition coefficient (Wildman–Crippen LogP) is 2.49. The highest BCUT2D eigenvalue weighted by molar-refractivity contribution is 7.90. The summed E-state index contributed by atoms with van der Waals surface area (Å²) in [6.45, 7) is 2.97. The van der Waals surface area contributed by atoms with Gasteiger partial charge in [-0.3, -0.25) is 4.90 Å². The molecular formula is C16H21NO3S2. The smallest absolute Gasteiger partial charge is 0.175 e. The third-order valence-electron chi connectivity index (χ3n) is 3.51. The van der Waals surface area contributed by atoms with Crippen molar-refractivity contribution in [3.8, 4) is 0 Å². The van der Waals surface area contributed by atoms with Crippen LogP contribution in [-0.4, -0.2) is 38.3 Å². The fourth-order valence-corrected chi connectivity index (χ4v) is 3.72. The molecule has 0 saturated carbocycles. The fourth-order valence-electron chi connectivity index (χ4n) is 2.43. The number of likely N-dealkylation sites (N-methyl/N-ethyl adjacent to an activating group) is 1. The van der Waals surface area contributed by atoms with E-state index in [0.717, 1.165) is 6.54 Å². The third kappa shape index (κ3) is 4.39. The Labute approximate surface area is 135 Å². The summed E-state index contributed by atoms with van der Waals surface area (Å²) in [4.78, 5) is 2.31. The standard InChI is InChI=1S/C16H21NO3S2/c1-16(18,12-17(2)10-13-8-9-21-11-13)14-4-6-15(7-5-14)22(3,19)20/h4-9,11,18H,10,12H2,1-3H3/t16-/m1/s1. The largest absolute Gasteiger partial charge is 0.384 e. The number of benzene rings is 1. The molecule has 4 nitrogen and oxygen atoms in total. The SMILES string of the molecule is CN(Cc1ccsc1)C[C@@](C)(O)c1ccc(S(C)(=O)=O)cc1. The van der Waals surface area contributed by atoms with Crippen molar-refractivity contribution in [1.82, 2.24) is 4.90 Å². The molecule has 0 aliphatic rings. The van der Waals surface area contributed by atoms with Crippen LogP contribution in [0.3, 0.4) is 0 Å². The highest BCUT2D eigenvalue weighted by Gasteiger charge is 2.25. The van der Waals surface area contributed by atoms with E-state index in [9.17, 15) is 13.5 Å². The number of thiophene rings is 1. The first-order valence-corrected chi connectivity index (χ1v) is 9.74. The third-order valence-corrected chi connectivity index (χ3v) is 5.38. The van der Waals surface area contributed by atoms with Crippen LogP contribution in [0.15, 0.2) is 46.0 Å². The molecule has 120 valence electrons. The molecule has 6 heteroatoms. The van der Waals surface area contributed by atoms with Crippen molar-refractivity contribution in [3.05, 3.63) is 52.2 Å². The summed E-state index contributed by atoms with van der Waals surface area (Å²) in [7, 11) is -1.26. The molecule has 0 radical (unpaired) electrons. The molecule has 2 aromatic rings. The van der Waals surface area contributed by atoms with Crippen molar-refractivity contribution in [2.45, 2.75) is 24.0 Å². The second-order valence-corrected chi connectivity index (χ2v) is 8.67. The molecule has 1 aromatic heterocycles. The van der Waals surface area contributed by atoms with Crippen LogP contribution in [0.2, 0.25) is 0 Å². The second kappa shape index (κ2) is 6.50. The Morgan fingerprint density at radius 1 is 1.23 bits per heavy atom. The van der Waals surface area contributed by atoms with E-state index in [1.807, 2.05) is 17.3 Å². The normalized spacial score (nSPS) is 15.0. The first-order chi connectivity index (χ1) is 10.2. The van der Waals surface area contributed by atoms with Crippen LogP contribution in [0.5, 0.6) is 0 Å². The van der Waals surface area contributed by atoms with E-state index in [4.69, 9.17) is 0 Å². The molecule has 1 N–H and O–H groups in total. The van der Waals surface area contributed by atoms with Crippen molar-refractivity contribution >= 4 is 21.2 Å². The van der Waals surface area contributed by atoms with Crippen LogP contribution >= 0.6 is 11.3 Å². The second-order valence-electron chi connectivity index (χ2n) is 5.87. The lowest BCUT2D eigenvalue weighted by atomic mass is 9.95. The summed E-state index contributed by atoms with van der Waals surface area (Å²) in [6.07, 6.45) is 1.18. The van der Waals surface area contributed by atoms with E-state index >= 15 is 0 Å². The van der Waals surface area contributed by atoms with Crippen molar-refractivity contribution in [2.24, 2.45) is 0 Å². The minimum atomic E-state index is -3.21. The Hall–Kier alpha value is -1.21. The highest BCUT2D eigenvalue weighted by Crippen LogP contribution is 2.24. The zero-order valence-electron chi connectivity index (χ0n) is 13.0. The molecule has 0 fully saturated rings. The van der Waals surface area contributed by atoms with Gasteiger partial charge in [0, 0.05) is 19.3 Å². The zero-order chi connectivity index (χ0) is 16.4. The molecule has 0 aliphatic carbocycles. The van der Waals surface area contributed by atoms with Gasteiger partial charge in [0.05, 0.1) is 10.5 Å². The van der Waals surface area contributed by atoms with E-state index in [1.54, 1.807) is 30.4 Å². The molecule has 1 aromatic carbocycles. The van der Waals surface area contributed by atoms with Crippen LogP contribution in [0, 0.1) is 0 Å². The minimum absolute atomic E-state index is 0.263.